The van der Waals surface area contributed by atoms with Gasteiger partial charge in [-0.3, -0.25) is 0 Å². The summed E-state index contributed by atoms with van der Waals surface area (Å²) < 4.78 is 18.8. The Labute approximate surface area is 106 Å². The highest BCUT2D eigenvalue weighted by Crippen LogP contribution is 2.19. The molecule has 2 N–H and O–H groups in total. The molecule has 2 nitrogen and oxygen atoms in total. The maximum Gasteiger partial charge on any atom is 0.165 e. The average Bonchev–Trinajstić information content (AvgIpc) is 2.38. The molecule has 18 heavy (non-hydrogen) atoms. The van der Waals surface area contributed by atoms with Crippen LogP contribution in [0.15, 0.2) is 48.5 Å². The first-order valence-corrected chi connectivity index (χ1v) is 5.87. The molecule has 2 aromatic rings. The van der Waals surface area contributed by atoms with Gasteiger partial charge in [0.05, 0.1) is 6.04 Å². The second-order valence-electron chi connectivity index (χ2n) is 4.20. The van der Waals surface area contributed by atoms with Crippen molar-refractivity contribution in [2.75, 3.05) is 6.61 Å². The number of nitrogens with two attached hydrogens (primary N) is 1. The summed E-state index contributed by atoms with van der Waals surface area (Å²) in [6, 6.07) is 13.9. The summed E-state index contributed by atoms with van der Waals surface area (Å²) in [7, 11) is 0. The van der Waals surface area contributed by atoms with Crippen molar-refractivity contribution < 1.29 is 9.13 Å². The molecule has 0 saturated carbocycles. The molecule has 0 heterocycles. The van der Waals surface area contributed by atoms with E-state index in [-0.39, 0.29) is 24.2 Å². The van der Waals surface area contributed by atoms with Crippen LogP contribution in [0.2, 0.25) is 0 Å². The van der Waals surface area contributed by atoms with Gasteiger partial charge in [-0.15, -0.1) is 0 Å². The van der Waals surface area contributed by atoms with E-state index in [1.165, 1.54) is 6.07 Å². The van der Waals surface area contributed by atoms with Gasteiger partial charge in [-0.2, -0.15) is 0 Å². The molecule has 0 aromatic heterocycles. The van der Waals surface area contributed by atoms with Crippen molar-refractivity contribution in [2.24, 2.45) is 5.73 Å². The molecule has 3 heteroatoms. The van der Waals surface area contributed by atoms with Crippen LogP contribution in [-0.4, -0.2) is 6.61 Å². The zero-order chi connectivity index (χ0) is 13.0. The Morgan fingerprint density at radius 1 is 1.11 bits per heavy atom. The average molecular weight is 245 g/mol. The maximum absolute atomic E-state index is 13.4. The third-order valence-electron chi connectivity index (χ3n) is 2.84. The summed E-state index contributed by atoms with van der Waals surface area (Å²) in [6.45, 7) is 2.25. The lowest BCUT2D eigenvalue weighted by molar-refractivity contribution is 0.277. The Morgan fingerprint density at radius 2 is 1.78 bits per heavy atom. The van der Waals surface area contributed by atoms with Crippen molar-refractivity contribution in [2.45, 2.75) is 13.0 Å². The Balaban J connectivity index is 2.03. The van der Waals surface area contributed by atoms with Crippen molar-refractivity contribution in [3.05, 3.63) is 65.5 Å². The number of benzene rings is 2. The van der Waals surface area contributed by atoms with E-state index in [1.54, 1.807) is 18.2 Å². The van der Waals surface area contributed by atoms with Gasteiger partial charge in [-0.1, -0.05) is 36.4 Å². The number of ether oxygens (including phenoxy) is 1. The summed E-state index contributed by atoms with van der Waals surface area (Å²) in [5.74, 6) is -0.129. The normalized spacial score (nSPS) is 12.2. The highest BCUT2D eigenvalue weighted by atomic mass is 19.1. The van der Waals surface area contributed by atoms with E-state index < -0.39 is 0 Å². The van der Waals surface area contributed by atoms with Crippen LogP contribution in [0.5, 0.6) is 5.75 Å². The van der Waals surface area contributed by atoms with Gasteiger partial charge < -0.3 is 10.5 Å². The fourth-order valence-corrected chi connectivity index (χ4v) is 1.83. The zero-order valence-electron chi connectivity index (χ0n) is 10.3. The molecule has 0 aliphatic carbocycles. The summed E-state index contributed by atoms with van der Waals surface area (Å²) in [5.41, 5.74) is 8.18. The first-order chi connectivity index (χ1) is 8.68. The highest BCUT2D eigenvalue weighted by Gasteiger charge is 2.10. The second kappa shape index (κ2) is 5.65. The SMILES string of the molecule is Cc1ccccc1C(N)COc1ccccc1F. The molecule has 2 aromatic carbocycles. The molecule has 94 valence electrons. The number of rotatable bonds is 4. The lowest BCUT2D eigenvalue weighted by atomic mass is 10.0. The fraction of sp³-hybridized carbons (Fsp3) is 0.200. The predicted molar refractivity (Wildman–Crippen MR) is 70.0 cm³/mol. The first-order valence-electron chi connectivity index (χ1n) is 5.87. The number of hydrogen-bond acceptors (Lipinski definition) is 2. The van der Waals surface area contributed by atoms with E-state index in [9.17, 15) is 4.39 Å². The summed E-state index contributed by atoms with van der Waals surface area (Å²) in [4.78, 5) is 0. The Hall–Kier alpha value is -1.87. The van der Waals surface area contributed by atoms with Crippen LogP contribution >= 0.6 is 0 Å². The minimum absolute atomic E-state index is 0.238. The van der Waals surface area contributed by atoms with Gasteiger partial charge in [0.1, 0.15) is 6.61 Å². The van der Waals surface area contributed by atoms with E-state index in [2.05, 4.69) is 0 Å². The highest BCUT2D eigenvalue weighted by molar-refractivity contribution is 5.29. The molecule has 2 rings (SSSR count). The van der Waals surface area contributed by atoms with Gasteiger partial charge in [-0.05, 0) is 30.2 Å². The third kappa shape index (κ3) is 2.87. The first kappa shape index (κ1) is 12.6. The Morgan fingerprint density at radius 3 is 2.50 bits per heavy atom. The summed E-state index contributed by atoms with van der Waals surface area (Å²) in [5, 5.41) is 0. The molecule has 0 amide bonds. The number of para-hydroxylation sites is 1. The third-order valence-corrected chi connectivity index (χ3v) is 2.84. The molecule has 0 radical (unpaired) electrons. The lowest BCUT2D eigenvalue weighted by Gasteiger charge is -2.15. The quantitative estimate of drug-likeness (QED) is 0.897. The number of aryl methyl sites for hydroxylation is 1. The smallest absolute Gasteiger partial charge is 0.165 e. The van der Waals surface area contributed by atoms with Gasteiger partial charge in [0.2, 0.25) is 0 Å². The molecule has 0 saturated heterocycles. The molecule has 0 aliphatic heterocycles. The van der Waals surface area contributed by atoms with Crippen LogP contribution in [0.1, 0.15) is 17.2 Å². The van der Waals surface area contributed by atoms with Crippen LogP contribution in [-0.2, 0) is 0 Å². The Bertz CT molecular complexity index is 527. The molecule has 0 bridgehead atoms. The van der Waals surface area contributed by atoms with Gasteiger partial charge in [0.15, 0.2) is 11.6 Å². The van der Waals surface area contributed by atoms with Gasteiger partial charge in [0, 0.05) is 0 Å². The predicted octanol–water partition coefficient (Wildman–Crippen LogP) is 3.21. The minimum atomic E-state index is -0.366. The second-order valence-corrected chi connectivity index (χ2v) is 4.20. The number of hydrogen-bond donors (Lipinski definition) is 1. The monoisotopic (exact) mass is 245 g/mol. The van der Waals surface area contributed by atoms with Gasteiger partial charge in [0.25, 0.3) is 0 Å². The molecule has 1 atom stereocenters. The van der Waals surface area contributed by atoms with Crippen molar-refractivity contribution in [1.29, 1.82) is 0 Å². The van der Waals surface area contributed by atoms with E-state index in [4.69, 9.17) is 10.5 Å². The minimum Gasteiger partial charge on any atom is -0.489 e. The van der Waals surface area contributed by atoms with Crippen molar-refractivity contribution in [3.63, 3.8) is 0 Å². The van der Waals surface area contributed by atoms with Crippen molar-refractivity contribution >= 4 is 0 Å². The molecule has 0 fully saturated rings. The van der Waals surface area contributed by atoms with Crippen LogP contribution in [0.3, 0.4) is 0 Å². The van der Waals surface area contributed by atoms with Crippen LogP contribution < -0.4 is 10.5 Å². The fourth-order valence-electron chi connectivity index (χ4n) is 1.83. The van der Waals surface area contributed by atoms with E-state index in [1.807, 2.05) is 31.2 Å². The molecule has 1 unspecified atom stereocenters. The largest absolute Gasteiger partial charge is 0.489 e. The molecule has 0 spiro atoms. The molecular formula is C15H16FNO. The van der Waals surface area contributed by atoms with Crippen LogP contribution in [0.25, 0.3) is 0 Å². The topological polar surface area (TPSA) is 35.2 Å². The summed E-state index contributed by atoms with van der Waals surface area (Å²) in [6.07, 6.45) is 0. The van der Waals surface area contributed by atoms with Gasteiger partial charge in [-0.25, -0.2) is 4.39 Å². The van der Waals surface area contributed by atoms with Crippen molar-refractivity contribution in [1.82, 2.24) is 0 Å². The Kier molecular flexibility index (Phi) is 3.95. The van der Waals surface area contributed by atoms with E-state index in [0.717, 1.165) is 11.1 Å². The van der Waals surface area contributed by atoms with Crippen LogP contribution in [0, 0.1) is 12.7 Å². The summed E-state index contributed by atoms with van der Waals surface area (Å²) >= 11 is 0. The van der Waals surface area contributed by atoms with Gasteiger partial charge >= 0.3 is 0 Å². The zero-order valence-corrected chi connectivity index (χ0v) is 10.3. The van der Waals surface area contributed by atoms with Crippen molar-refractivity contribution in [3.8, 4) is 5.75 Å². The van der Waals surface area contributed by atoms with E-state index >= 15 is 0 Å². The number of halogens is 1. The molecule has 0 aliphatic rings. The van der Waals surface area contributed by atoms with Crippen LogP contribution in [0.4, 0.5) is 4.39 Å². The standard InChI is InChI=1S/C15H16FNO/c1-11-6-2-3-7-12(11)14(17)10-18-15-9-5-4-8-13(15)16/h2-9,14H,10,17H2,1H3. The van der Waals surface area contributed by atoms with E-state index in [0.29, 0.717) is 0 Å². The maximum atomic E-state index is 13.4. The lowest BCUT2D eigenvalue weighted by Crippen LogP contribution is -2.20. The molecular weight excluding hydrogens is 229 g/mol.